The lowest BCUT2D eigenvalue weighted by molar-refractivity contribution is 0.453. The summed E-state index contributed by atoms with van der Waals surface area (Å²) in [5.41, 5.74) is 0. The third-order valence-corrected chi connectivity index (χ3v) is 3.78. The highest BCUT2D eigenvalue weighted by molar-refractivity contribution is 7.16. The highest BCUT2D eigenvalue weighted by Crippen LogP contribution is 2.27. The second-order valence-electron chi connectivity index (χ2n) is 3.54. The molecule has 0 saturated heterocycles. The highest BCUT2D eigenvalue weighted by Gasteiger charge is 2.12. The second kappa shape index (κ2) is 6.17. The van der Waals surface area contributed by atoms with Crippen molar-refractivity contribution in [2.75, 3.05) is 0 Å². The topological polar surface area (TPSA) is 12.0 Å². The largest absolute Gasteiger partial charge is 0.306 e. The molecule has 0 radical (unpaired) electrons. The number of hydrogen-bond acceptors (Lipinski definition) is 2. The molecule has 1 nitrogen and oxygen atoms in total. The van der Waals surface area contributed by atoms with Crippen LogP contribution in [0.15, 0.2) is 12.1 Å². The van der Waals surface area contributed by atoms with Crippen LogP contribution in [-0.2, 0) is 0 Å². The van der Waals surface area contributed by atoms with Crippen molar-refractivity contribution in [1.29, 1.82) is 0 Å². The summed E-state index contributed by atoms with van der Waals surface area (Å²) in [5, 5.41) is 3.51. The Morgan fingerprint density at radius 2 is 2.33 bits per heavy atom. The predicted octanol–water partition coefficient (Wildman–Crippen LogP) is 3.85. The fraction of sp³-hybridized carbons (Fsp3) is 0.500. The van der Waals surface area contributed by atoms with Crippen LogP contribution < -0.4 is 5.32 Å². The maximum Gasteiger partial charge on any atom is 0.0931 e. The first kappa shape index (κ1) is 12.6. The standard InChI is InChI=1S/C12H16ClNS/c1-4-6-10(5-2)14-9(3)11-7-8-12(13)15-11/h1,7-10,14H,5-6H2,2-3H3. The minimum atomic E-state index is 0.320. The van der Waals surface area contributed by atoms with E-state index in [0.717, 1.165) is 17.2 Å². The van der Waals surface area contributed by atoms with Crippen molar-refractivity contribution in [2.45, 2.75) is 38.8 Å². The lowest BCUT2D eigenvalue weighted by Crippen LogP contribution is -2.30. The zero-order chi connectivity index (χ0) is 11.3. The van der Waals surface area contributed by atoms with Gasteiger partial charge in [-0.1, -0.05) is 18.5 Å². The van der Waals surface area contributed by atoms with Crippen LogP contribution in [0.25, 0.3) is 0 Å². The Labute approximate surface area is 101 Å². The molecule has 3 heteroatoms. The maximum atomic E-state index is 5.89. The van der Waals surface area contributed by atoms with Crippen molar-refractivity contribution < 1.29 is 0 Å². The lowest BCUT2D eigenvalue weighted by Gasteiger charge is -2.19. The molecule has 1 rings (SSSR count). The van der Waals surface area contributed by atoms with Crippen LogP contribution in [-0.4, -0.2) is 6.04 Å². The van der Waals surface area contributed by atoms with Crippen molar-refractivity contribution in [3.63, 3.8) is 0 Å². The third kappa shape index (κ3) is 3.87. The van der Waals surface area contributed by atoms with Gasteiger partial charge in [0.25, 0.3) is 0 Å². The molecule has 0 bridgehead atoms. The van der Waals surface area contributed by atoms with Crippen molar-refractivity contribution in [3.05, 3.63) is 21.3 Å². The number of hydrogen-bond donors (Lipinski definition) is 1. The predicted molar refractivity (Wildman–Crippen MR) is 68.4 cm³/mol. The van der Waals surface area contributed by atoms with Gasteiger partial charge in [-0.25, -0.2) is 0 Å². The maximum absolute atomic E-state index is 5.89. The minimum Gasteiger partial charge on any atom is -0.306 e. The Hall–Kier alpha value is -0.490. The molecule has 0 aromatic carbocycles. The third-order valence-electron chi connectivity index (χ3n) is 2.36. The molecule has 2 unspecified atom stereocenters. The molecule has 0 saturated carbocycles. The van der Waals surface area contributed by atoms with Crippen LogP contribution in [0.5, 0.6) is 0 Å². The van der Waals surface area contributed by atoms with E-state index in [4.69, 9.17) is 18.0 Å². The van der Waals surface area contributed by atoms with Crippen LogP contribution in [0.4, 0.5) is 0 Å². The van der Waals surface area contributed by atoms with Gasteiger partial charge in [-0.15, -0.1) is 23.7 Å². The van der Waals surface area contributed by atoms with Crippen molar-refractivity contribution in [1.82, 2.24) is 5.32 Å². The number of thiophene rings is 1. The molecule has 0 aliphatic heterocycles. The van der Waals surface area contributed by atoms with Gasteiger partial charge in [0.05, 0.1) is 4.34 Å². The first-order chi connectivity index (χ1) is 7.17. The normalized spacial score (nSPS) is 14.5. The van der Waals surface area contributed by atoms with E-state index in [-0.39, 0.29) is 0 Å². The molecule has 1 N–H and O–H groups in total. The molecule has 2 atom stereocenters. The van der Waals surface area contributed by atoms with E-state index in [2.05, 4.69) is 31.2 Å². The van der Waals surface area contributed by atoms with Gasteiger partial charge in [-0.2, -0.15) is 0 Å². The van der Waals surface area contributed by atoms with Gasteiger partial charge in [0, 0.05) is 23.4 Å². The Kier molecular flexibility index (Phi) is 5.17. The quantitative estimate of drug-likeness (QED) is 0.773. The summed E-state index contributed by atoms with van der Waals surface area (Å²) in [6.45, 7) is 4.28. The molecule has 1 aromatic rings. The molecule has 1 aromatic heterocycles. The molecule has 0 fully saturated rings. The summed E-state index contributed by atoms with van der Waals surface area (Å²) in [5.74, 6) is 2.70. The van der Waals surface area contributed by atoms with E-state index in [1.165, 1.54) is 4.88 Å². The second-order valence-corrected chi connectivity index (χ2v) is 5.29. The molecule has 82 valence electrons. The van der Waals surface area contributed by atoms with E-state index in [0.29, 0.717) is 12.1 Å². The molecular formula is C12H16ClNS. The monoisotopic (exact) mass is 241 g/mol. The van der Waals surface area contributed by atoms with Gasteiger partial charge in [0.2, 0.25) is 0 Å². The van der Waals surface area contributed by atoms with Gasteiger partial charge in [-0.05, 0) is 25.5 Å². The van der Waals surface area contributed by atoms with Crippen LogP contribution in [0.2, 0.25) is 4.34 Å². The molecule has 15 heavy (non-hydrogen) atoms. The van der Waals surface area contributed by atoms with Crippen LogP contribution >= 0.6 is 22.9 Å². The summed E-state index contributed by atoms with van der Waals surface area (Å²) < 4.78 is 0.837. The SMILES string of the molecule is C#CCC(CC)NC(C)c1ccc(Cl)s1. The van der Waals surface area contributed by atoms with E-state index in [1.54, 1.807) is 11.3 Å². The fourth-order valence-electron chi connectivity index (χ4n) is 1.46. The average molecular weight is 242 g/mol. The average Bonchev–Trinajstić information content (AvgIpc) is 2.64. The van der Waals surface area contributed by atoms with Gasteiger partial charge in [0.15, 0.2) is 0 Å². The molecule has 1 heterocycles. The Balaban J connectivity index is 2.54. The van der Waals surface area contributed by atoms with Gasteiger partial charge in [0.1, 0.15) is 0 Å². The lowest BCUT2D eigenvalue weighted by atomic mass is 10.1. The van der Waals surface area contributed by atoms with E-state index < -0.39 is 0 Å². The molecule has 0 aliphatic rings. The summed E-state index contributed by atoms with van der Waals surface area (Å²) in [7, 11) is 0. The van der Waals surface area contributed by atoms with Gasteiger partial charge in [-0.3, -0.25) is 0 Å². The van der Waals surface area contributed by atoms with Crippen molar-refractivity contribution in [3.8, 4) is 12.3 Å². The van der Waals surface area contributed by atoms with Gasteiger partial charge >= 0.3 is 0 Å². The summed E-state index contributed by atoms with van der Waals surface area (Å²) in [4.78, 5) is 1.26. The Morgan fingerprint density at radius 3 is 2.80 bits per heavy atom. The van der Waals surface area contributed by atoms with Crippen LogP contribution in [0.1, 0.15) is 37.6 Å². The minimum absolute atomic E-state index is 0.320. The number of terminal acetylenes is 1. The Morgan fingerprint density at radius 1 is 1.60 bits per heavy atom. The molecule has 0 amide bonds. The zero-order valence-electron chi connectivity index (χ0n) is 9.09. The molecule has 0 aliphatic carbocycles. The van der Waals surface area contributed by atoms with Crippen molar-refractivity contribution >= 4 is 22.9 Å². The van der Waals surface area contributed by atoms with E-state index >= 15 is 0 Å². The van der Waals surface area contributed by atoms with E-state index in [9.17, 15) is 0 Å². The first-order valence-corrected chi connectivity index (χ1v) is 6.31. The molecule has 0 spiro atoms. The van der Waals surface area contributed by atoms with Crippen molar-refractivity contribution in [2.24, 2.45) is 0 Å². The number of rotatable bonds is 5. The van der Waals surface area contributed by atoms with Gasteiger partial charge < -0.3 is 5.32 Å². The smallest absolute Gasteiger partial charge is 0.0931 e. The van der Waals surface area contributed by atoms with E-state index in [1.807, 2.05) is 6.07 Å². The Bertz CT molecular complexity index is 340. The number of halogens is 1. The summed E-state index contributed by atoms with van der Waals surface area (Å²) >= 11 is 7.51. The van der Waals surface area contributed by atoms with Crippen LogP contribution in [0.3, 0.4) is 0 Å². The summed E-state index contributed by atoms with van der Waals surface area (Å²) in [6.07, 6.45) is 7.14. The highest BCUT2D eigenvalue weighted by atomic mass is 35.5. The molecular weight excluding hydrogens is 226 g/mol. The number of nitrogens with one attached hydrogen (secondary N) is 1. The van der Waals surface area contributed by atoms with Crippen LogP contribution in [0, 0.1) is 12.3 Å². The first-order valence-electron chi connectivity index (χ1n) is 5.12. The fourth-order valence-corrected chi connectivity index (χ4v) is 2.53. The summed E-state index contributed by atoms with van der Waals surface area (Å²) in [6, 6.07) is 4.71. The zero-order valence-corrected chi connectivity index (χ0v) is 10.7.